The number of nitro groups is 1. The highest BCUT2D eigenvalue weighted by Gasteiger charge is 2.59. The van der Waals surface area contributed by atoms with Gasteiger partial charge in [0.2, 0.25) is 11.9 Å². The predicted molar refractivity (Wildman–Crippen MR) is 106 cm³/mol. The number of hydrogen-bond donors (Lipinski definition) is 1. The van der Waals surface area contributed by atoms with E-state index in [0.717, 1.165) is 0 Å². The van der Waals surface area contributed by atoms with E-state index in [1.807, 2.05) is 6.07 Å². The molecule has 28 heavy (non-hydrogen) atoms. The molecule has 0 saturated heterocycles. The maximum Gasteiger partial charge on any atom is 0.247 e. The second kappa shape index (κ2) is 7.44. The molecule has 0 bridgehead atoms. The summed E-state index contributed by atoms with van der Waals surface area (Å²) in [5.74, 6) is -1.50. The third kappa shape index (κ3) is 3.04. The van der Waals surface area contributed by atoms with E-state index in [9.17, 15) is 20.2 Å². The lowest BCUT2D eigenvalue weighted by Gasteiger charge is -2.27. The van der Waals surface area contributed by atoms with Crippen LogP contribution in [0.1, 0.15) is 17.0 Å². The van der Waals surface area contributed by atoms with Gasteiger partial charge >= 0.3 is 0 Å². The zero-order valence-corrected chi connectivity index (χ0v) is 16.4. The van der Waals surface area contributed by atoms with Gasteiger partial charge in [-0.25, -0.2) is 0 Å². The van der Waals surface area contributed by atoms with Gasteiger partial charge in [-0.1, -0.05) is 52.3 Å². The van der Waals surface area contributed by atoms with Crippen molar-refractivity contribution in [2.24, 2.45) is 11.1 Å². The van der Waals surface area contributed by atoms with Crippen LogP contribution in [0.25, 0.3) is 5.57 Å². The molecule has 142 valence electrons. The maximum absolute atomic E-state index is 12.4. The van der Waals surface area contributed by atoms with Crippen molar-refractivity contribution >= 4 is 27.4 Å². The van der Waals surface area contributed by atoms with Crippen molar-refractivity contribution in [2.75, 3.05) is 7.11 Å². The van der Waals surface area contributed by atoms with Crippen LogP contribution in [0.5, 0.6) is 5.75 Å². The molecule has 7 nitrogen and oxygen atoms in total. The summed E-state index contributed by atoms with van der Waals surface area (Å²) in [6, 6.07) is 14.2. The van der Waals surface area contributed by atoms with Crippen LogP contribution in [-0.2, 0) is 4.79 Å². The summed E-state index contributed by atoms with van der Waals surface area (Å²) in [5, 5.41) is 22.0. The van der Waals surface area contributed by atoms with Gasteiger partial charge in [-0.05, 0) is 29.3 Å². The fraction of sp³-hybridized carbons (Fsp3) is 0.200. The Hall–Kier alpha value is -3.18. The lowest BCUT2D eigenvalue weighted by molar-refractivity contribution is -0.510. The summed E-state index contributed by atoms with van der Waals surface area (Å²) >= 11 is 3.39. The molecule has 1 aliphatic carbocycles. The first-order valence-electron chi connectivity index (χ1n) is 8.32. The zero-order valence-electron chi connectivity index (χ0n) is 14.8. The number of benzene rings is 2. The molecule has 1 aliphatic rings. The Labute approximate surface area is 169 Å². The number of methoxy groups -OCH3 is 1. The first-order chi connectivity index (χ1) is 13.4. The monoisotopic (exact) mass is 441 g/mol. The SMILES string of the molecule is COc1ccc(C2C([N+](=O)[O-])C(c3ccccc3)=CC2(C#N)C(N)=O)c(Br)c1. The Kier molecular flexibility index (Phi) is 5.21. The van der Waals surface area contributed by atoms with Crippen LogP contribution in [0.2, 0.25) is 0 Å². The minimum Gasteiger partial charge on any atom is -0.497 e. The van der Waals surface area contributed by atoms with Crippen LogP contribution in [0.15, 0.2) is 59.1 Å². The molecule has 0 aliphatic heterocycles. The van der Waals surface area contributed by atoms with Crippen molar-refractivity contribution in [1.29, 1.82) is 5.26 Å². The number of primary amides is 1. The minimum atomic E-state index is -1.86. The van der Waals surface area contributed by atoms with Crippen LogP contribution >= 0.6 is 15.9 Å². The highest BCUT2D eigenvalue weighted by atomic mass is 79.9. The molecule has 0 aromatic heterocycles. The van der Waals surface area contributed by atoms with Crippen LogP contribution < -0.4 is 10.5 Å². The number of amides is 1. The van der Waals surface area contributed by atoms with Crippen LogP contribution in [0, 0.1) is 26.9 Å². The van der Waals surface area contributed by atoms with E-state index in [1.165, 1.54) is 13.2 Å². The highest BCUT2D eigenvalue weighted by Crippen LogP contribution is 2.53. The maximum atomic E-state index is 12.4. The number of ether oxygens (including phenoxy) is 1. The van der Waals surface area contributed by atoms with Gasteiger partial charge in [-0.3, -0.25) is 14.9 Å². The Morgan fingerprint density at radius 2 is 2.00 bits per heavy atom. The van der Waals surface area contributed by atoms with Gasteiger partial charge in [0.1, 0.15) is 5.75 Å². The smallest absolute Gasteiger partial charge is 0.247 e. The minimum absolute atomic E-state index is 0.290. The number of halogens is 1. The van der Waals surface area contributed by atoms with E-state index < -0.39 is 28.2 Å². The lowest BCUT2D eigenvalue weighted by Crippen LogP contribution is -2.42. The van der Waals surface area contributed by atoms with Crippen molar-refractivity contribution < 1.29 is 14.5 Å². The van der Waals surface area contributed by atoms with Gasteiger partial charge in [0.05, 0.1) is 19.1 Å². The van der Waals surface area contributed by atoms with Crippen molar-refractivity contribution in [3.05, 3.63) is 80.3 Å². The quantitative estimate of drug-likeness (QED) is 0.563. The first kappa shape index (κ1) is 19.6. The molecule has 3 atom stereocenters. The van der Waals surface area contributed by atoms with Gasteiger partial charge in [-0.15, -0.1) is 0 Å². The summed E-state index contributed by atoms with van der Waals surface area (Å²) in [5.41, 5.74) is 5.04. The van der Waals surface area contributed by atoms with Gasteiger partial charge in [0, 0.05) is 15.0 Å². The third-order valence-electron chi connectivity index (χ3n) is 4.98. The molecule has 2 N–H and O–H groups in total. The number of hydrogen-bond acceptors (Lipinski definition) is 5. The topological polar surface area (TPSA) is 119 Å². The molecule has 0 radical (unpaired) electrons. The number of nitrogens with two attached hydrogens (primary N) is 1. The number of nitrogens with zero attached hydrogens (tertiary/aromatic N) is 2. The van der Waals surface area contributed by atoms with Crippen LogP contribution in [0.4, 0.5) is 0 Å². The molecular weight excluding hydrogens is 426 g/mol. The summed E-state index contributed by atoms with van der Waals surface area (Å²) in [6.07, 6.45) is 1.35. The second-order valence-corrected chi connectivity index (χ2v) is 7.26. The normalized spacial score (nSPS) is 23.5. The Morgan fingerprint density at radius 3 is 2.50 bits per heavy atom. The predicted octanol–water partition coefficient (Wildman–Crippen LogP) is 3.28. The van der Waals surface area contributed by atoms with Crippen molar-refractivity contribution in [3.63, 3.8) is 0 Å². The number of carbonyl (C=O) groups excluding carboxylic acids is 1. The van der Waals surface area contributed by atoms with E-state index in [4.69, 9.17) is 10.5 Å². The average molecular weight is 442 g/mol. The fourth-order valence-electron chi connectivity index (χ4n) is 3.65. The van der Waals surface area contributed by atoms with Gasteiger partial charge in [0.15, 0.2) is 5.41 Å². The standard InChI is InChI=1S/C20H16BrN3O4/c1-28-13-7-8-14(16(21)9-13)17-18(24(26)27)15(12-5-3-2-4-6-12)10-20(17,11-22)19(23)25/h2-10,17-18H,1H3,(H2,23,25). The molecule has 0 saturated carbocycles. The van der Waals surface area contributed by atoms with E-state index in [-0.39, 0.29) is 0 Å². The molecule has 2 aromatic carbocycles. The van der Waals surface area contributed by atoms with Crippen LogP contribution in [-0.4, -0.2) is 24.0 Å². The average Bonchev–Trinajstić information content (AvgIpc) is 3.05. The van der Waals surface area contributed by atoms with Crippen molar-refractivity contribution in [2.45, 2.75) is 12.0 Å². The number of nitriles is 1. The number of carbonyl (C=O) groups is 1. The molecule has 8 heteroatoms. The van der Waals surface area contributed by atoms with E-state index in [1.54, 1.807) is 48.5 Å². The molecule has 2 aromatic rings. The summed E-state index contributed by atoms with van der Waals surface area (Å²) < 4.78 is 5.66. The van der Waals surface area contributed by atoms with Crippen LogP contribution in [0.3, 0.4) is 0 Å². The Balaban J connectivity index is 2.28. The van der Waals surface area contributed by atoms with Crippen molar-refractivity contribution in [3.8, 4) is 11.8 Å². The highest BCUT2D eigenvalue weighted by molar-refractivity contribution is 9.10. The first-order valence-corrected chi connectivity index (χ1v) is 9.11. The summed E-state index contributed by atoms with van der Waals surface area (Å²) in [4.78, 5) is 24.0. The largest absolute Gasteiger partial charge is 0.497 e. The lowest BCUT2D eigenvalue weighted by atomic mass is 9.73. The fourth-order valence-corrected chi connectivity index (χ4v) is 4.26. The Bertz CT molecular complexity index is 1020. The molecule has 3 rings (SSSR count). The van der Waals surface area contributed by atoms with Gasteiger partial charge in [0.25, 0.3) is 0 Å². The third-order valence-corrected chi connectivity index (χ3v) is 5.66. The molecular formula is C20H16BrN3O4. The molecule has 0 spiro atoms. The summed E-state index contributed by atoms with van der Waals surface area (Å²) in [6.45, 7) is 0. The van der Waals surface area contributed by atoms with E-state index in [2.05, 4.69) is 15.9 Å². The zero-order chi connectivity index (χ0) is 20.5. The molecule has 3 unspecified atom stereocenters. The van der Waals surface area contributed by atoms with Gasteiger partial charge in [-0.2, -0.15) is 5.26 Å². The second-order valence-electron chi connectivity index (χ2n) is 6.41. The molecule has 1 amide bonds. The Morgan fingerprint density at radius 1 is 1.32 bits per heavy atom. The van der Waals surface area contributed by atoms with E-state index in [0.29, 0.717) is 26.9 Å². The van der Waals surface area contributed by atoms with Crippen molar-refractivity contribution in [1.82, 2.24) is 0 Å². The molecule has 0 heterocycles. The molecule has 0 fully saturated rings. The van der Waals surface area contributed by atoms with Gasteiger partial charge < -0.3 is 10.5 Å². The number of rotatable bonds is 5. The summed E-state index contributed by atoms with van der Waals surface area (Å²) in [7, 11) is 1.49. The van der Waals surface area contributed by atoms with E-state index >= 15 is 0 Å².